The van der Waals surface area contributed by atoms with Gasteiger partial charge in [0.05, 0.1) is 28.9 Å². The maximum absolute atomic E-state index is 14.9. The molecule has 0 unspecified atom stereocenters. The van der Waals surface area contributed by atoms with Gasteiger partial charge in [-0.1, -0.05) is 30.3 Å². The molecule has 16 heteroatoms. The Balaban J connectivity index is 0.000000173. The molecule has 0 radical (unpaired) electrons. The average Bonchev–Trinajstić information content (AvgIpc) is 4.06. The van der Waals surface area contributed by atoms with Crippen molar-refractivity contribution in [2.45, 2.75) is 35.7 Å². The van der Waals surface area contributed by atoms with E-state index in [2.05, 4.69) is 30.2 Å². The smallest absolute Gasteiger partial charge is 0.382 e. The normalized spacial score (nSPS) is 14.4. The summed E-state index contributed by atoms with van der Waals surface area (Å²) in [5, 5.41) is 2.77. The van der Waals surface area contributed by atoms with Crippen LogP contribution in [0.1, 0.15) is 30.4 Å². The first-order valence-electron chi connectivity index (χ1n) is 17.4. The quantitative estimate of drug-likeness (QED) is 0.136. The molecule has 6 aromatic rings. The minimum Gasteiger partial charge on any atom is -0.382 e. The Morgan fingerprint density at radius 3 is 1.98 bits per heavy atom. The third kappa shape index (κ3) is 8.25. The molecular weight excluding hydrogens is 752 g/mol. The maximum atomic E-state index is 14.9. The molecule has 1 saturated carbocycles. The Labute approximate surface area is 318 Å². The van der Waals surface area contributed by atoms with Gasteiger partial charge in [-0.3, -0.25) is 4.98 Å². The summed E-state index contributed by atoms with van der Waals surface area (Å²) in [6.07, 6.45) is 6.32. The van der Waals surface area contributed by atoms with Crippen molar-refractivity contribution >= 4 is 27.2 Å². The highest BCUT2D eigenvalue weighted by atomic mass is 32.2. The van der Waals surface area contributed by atoms with Crippen LogP contribution in [0.25, 0.3) is 50.2 Å². The minimum absolute atomic E-state index is 0.00506. The molecular formula is C40H33F5N8O2S. The number of halogens is 5. The Morgan fingerprint density at radius 2 is 1.38 bits per heavy atom. The van der Waals surface area contributed by atoms with Crippen molar-refractivity contribution in [3.63, 3.8) is 0 Å². The van der Waals surface area contributed by atoms with Crippen LogP contribution in [0.5, 0.6) is 0 Å². The van der Waals surface area contributed by atoms with E-state index in [1.807, 2.05) is 6.08 Å². The number of hydrogen-bond donors (Lipinski definition) is 3. The van der Waals surface area contributed by atoms with E-state index in [0.717, 1.165) is 17.7 Å². The number of pyridine rings is 1. The second-order valence-corrected chi connectivity index (χ2v) is 15.2. The molecule has 0 saturated heterocycles. The van der Waals surface area contributed by atoms with Crippen molar-refractivity contribution in [2.75, 3.05) is 24.6 Å². The molecule has 4 heterocycles. The fraction of sp³-hybridized carbons (Fsp3) is 0.175. The van der Waals surface area contributed by atoms with Gasteiger partial charge in [-0.15, -0.1) is 0 Å². The highest BCUT2D eigenvalue weighted by Crippen LogP contribution is 2.39. The van der Waals surface area contributed by atoms with Crippen LogP contribution in [0, 0.1) is 11.6 Å². The highest BCUT2D eigenvalue weighted by molar-refractivity contribution is 7.92. The number of nitrogens with zero attached hydrogens (tertiary/aromatic N) is 5. The van der Waals surface area contributed by atoms with E-state index < -0.39 is 33.2 Å². The number of rotatable bonds is 7. The standard InChI is InChI=1S/C22H18F4N4.C18H15FN4O2S/c23-19-9-14(1-3-17(19)20-11-30-21(27)12-29-20)16-4-2-15(22(24,25)26)10-18(16)13-5-7-28-8-6-13;19-16-8-11(3-6-14(16)12-9-22-18(20)23-10-12)15-2-1-7-21-17(15)26(24,25)13-4-5-13/h1-5,9-12,28H,6-8H2,(H2,27,30);1-3,6-10,13H,4-5H2,(H2,20,22,23). The van der Waals surface area contributed by atoms with E-state index in [-0.39, 0.29) is 27.6 Å². The summed E-state index contributed by atoms with van der Waals surface area (Å²) in [6.45, 7) is 1.25. The first-order chi connectivity index (χ1) is 26.8. The van der Waals surface area contributed by atoms with Gasteiger partial charge in [0.15, 0.2) is 14.9 Å². The third-order valence-corrected chi connectivity index (χ3v) is 11.5. The first-order valence-corrected chi connectivity index (χ1v) is 18.9. The van der Waals surface area contributed by atoms with E-state index in [0.29, 0.717) is 77.0 Å². The first kappa shape index (κ1) is 38.2. The fourth-order valence-electron chi connectivity index (χ4n) is 6.24. The van der Waals surface area contributed by atoms with Crippen LogP contribution < -0.4 is 16.8 Å². The Kier molecular flexibility index (Phi) is 10.6. The summed E-state index contributed by atoms with van der Waals surface area (Å²) in [5.74, 6) is -0.720. The van der Waals surface area contributed by atoms with Gasteiger partial charge in [0.2, 0.25) is 5.95 Å². The summed E-state index contributed by atoms with van der Waals surface area (Å²) >= 11 is 0. The SMILES string of the molecule is Nc1cnc(-c2ccc(-c3ccc(C(F)(F)F)cc3C3=CCNCC3)cc2F)cn1.Nc1ncc(-c2ccc(-c3cccnc3S(=O)(=O)C3CC3)cc2F)cn1. The Morgan fingerprint density at radius 1 is 0.696 bits per heavy atom. The van der Waals surface area contributed by atoms with E-state index in [9.17, 15) is 30.4 Å². The van der Waals surface area contributed by atoms with Crippen LogP contribution in [-0.2, 0) is 16.0 Å². The monoisotopic (exact) mass is 784 g/mol. The van der Waals surface area contributed by atoms with Gasteiger partial charge in [-0.25, -0.2) is 37.1 Å². The lowest BCUT2D eigenvalue weighted by Crippen LogP contribution is -2.20. The van der Waals surface area contributed by atoms with E-state index in [1.165, 1.54) is 49.2 Å². The zero-order valence-corrected chi connectivity index (χ0v) is 30.2. The summed E-state index contributed by atoms with van der Waals surface area (Å²) in [6, 6.07) is 15.9. The highest BCUT2D eigenvalue weighted by Gasteiger charge is 2.39. The predicted octanol–water partition coefficient (Wildman–Crippen LogP) is 7.79. The van der Waals surface area contributed by atoms with Crippen molar-refractivity contribution in [3.05, 3.63) is 127 Å². The van der Waals surface area contributed by atoms with E-state index in [1.54, 1.807) is 36.4 Å². The molecule has 1 aliphatic carbocycles. The maximum Gasteiger partial charge on any atom is 0.416 e. The summed E-state index contributed by atoms with van der Waals surface area (Å²) in [5.41, 5.74) is 14.8. The predicted molar refractivity (Wildman–Crippen MR) is 203 cm³/mol. The molecule has 0 spiro atoms. The molecule has 5 N–H and O–H groups in total. The van der Waals surface area contributed by atoms with Crippen LogP contribution in [0.2, 0.25) is 0 Å². The number of anilines is 2. The molecule has 1 aliphatic heterocycles. The molecule has 56 heavy (non-hydrogen) atoms. The van der Waals surface area contributed by atoms with Crippen LogP contribution in [0.4, 0.5) is 33.7 Å². The number of alkyl halides is 3. The topological polar surface area (TPSA) is 163 Å². The van der Waals surface area contributed by atoms with Gasteiger partial charge in [-0.05, 0) is 96.1 Å². The minimum atomic E-state index is -4.45. The zero-order valence-electron chi connectivity index (χ0n) is 29.4. The number of nitrogens with two attached hydrogens (primary N) is 2. The summed E-state index contributed by atoms with van der Waals surface area (Å²) < 4.78 is 94.6. The molecule has 0 atom stereocenters. The largest absolute Gasteiger partial charge is 0.416 e. The van der Waals surface area contributed by atoms with Crippen molar-refractivity contribution < 1.29 is 30.4 Å². The van der Waals surface area contributed by atoms with Gasteiger partial charge in [0.1, 0.15) is 17.5 Å². The summed E-state index contributed by atoms with van der Waals surface area (Å²) in [4.78, 5) is 19.8. The molecule has 3 aromatic heterocycles. The van der Waals surface area contributed by atoms with Crippen molar-refractivity contribution in [2.24, 2.45) is 0 Å². The van der Waals surface area contributed by atoms with E-state index >= 15 is 0 Å². The molecule has 0 bridgehead atoms. The number of aromatic nitrogens is 5. The van der Waals surface area contributed by atoms with Gasteiger partial charge in [-0.2, -0.15) is 13.2 Å². The number of nitrogens with one attached hydrogen (secondary N) is 1. The number of nitrogen functional groups attached to an aromatic ring is 2. The van der Waals surface area contributed by atoms with Gasteiger partial charge < -0.3 is 16.8 Å². The lowest BCUT2D eigenvalue weighted by molar-refractivity contribution is -0.137. The summed E-state index contributed by atoms with van der Waals surface area (Å²) in [7, 11) is -3.49. The van der Waals surface area contributed by atoms with Gasteiger partial charge >= 0.3 is 6.18 Å². The van der Waals surface area contributed by atoms with Crippen LogP contribution in [0.15, 0.2) is 109 Å². The van der Waals surface area contributed by atoms with Crippen LogP contribution in [0.3, 0.4) is 0 Å². The zero-order chi connectivity index (χ0) is 39.6. The van der Waals surface area contributed by atoms with E-state index in [4.69, 9.17) is 11.5 Å². The van der Waals surface area contributed by atoms with Gasteiger partial charge in [0.25, 0.3) is 0 Å². The van der Waals surface area contributed by atoms with Crippen molar-refractivity contribution in [3.8, 4) is 44.6 Å². The molecule has 3 aromatic carbocycles. The van der Waals surface area contributed by atoms with Crippen LogP contribution in [-0.4, -0.2) is 51.7 Å². The number of benzene rings is 3. The second kappa shape index (κ2) is 15.5. The Bertz CT molecular complexity index is 2550. The molecule has 8 rings (SSSR count). The Hall–Kier alpha value is -6.13. The number of sulfone groups is 1. The number of hydrogen-bond acceptors (Lipinski definition) is 10. The van der Waals surface area contributed by atoms with Crippen molar-refractivity contribution in [1.82, 2.24) is 30.2 Å². The average molecular weight is 785 g/mol. The molecule has 2 aliphatic rings. The lowest BCUT2D eigenvalue weighted by Gasteiger charge is -2.20. The molecule has 286 valence electrons. The second-order valence-electron chi connectivity index (χ2n) is 13.1. The van der Waals surface area contributed by atoms with Crippen LogP contribution >= 0.6 is 0 Å². The molecule has 0 amide bonds. The molecule has 10 nitrogen and oxygen atoms in total. The van der Waals surface area contributed by atoms with Crippen molar-refractivity contribution in [1.29, 1.82) is 0 Å². The third-order valence-electron chi connectivity index (χ3n) is 9.25. The van der Waals surface area contributed by atoms with Gasteiger partial charge in [0, 0.05) is 47.4 Å². The lowest BCUT2D eigenvalue weighted by atomic mass is 9.89. The fourth-order valence-corrected chi connectivity index (χ4v) is 8.01. The molecule has 1 fully saturated rings.